The summed E-state index contributed by atoms with van der Waals surface area (Å²) in [6.45, 7) is 0.285. The number of benzene rings is 3. The van der Waals surface area contributed by atoms with Gasteiger partial charge in [-0.3, -0.25) is 4.79 Å². The summed E-state index contributed by atoms with van der Waals surface area (Å²) < 4.78 is 0. The van der Waals surface area contributed by atoms with Crippen molar-refractivity contribution in [1.29, 1.82) is 0 Å². The minimum absolute atomic E-state index is 0.202. The molecule has 0 aromatic heterocycles. The van der Waals surface area contributed by atoms with Crippen LogP contribution in [0.25, 0.3) is 0 Å². The fraction of sp³-hybridized carbons (Fsp3) is 0.167. The van der Waals surface area contributed by atoms with Crippen LogP contribution < -0.4 is 15.5 Å². The van der Waals surface area contributed by atoms with E-state index in [2.05, 4.69) is 10.6 Å². The lowest BCUT2D eigenvalue weighted by molar-refractivity contribution is -0.121. The summed E-state index contributed by atoms with van der Waals surface area (Å²) in [7, 11) is 0. The first-order chi connectivity index (χ1) is 15.4. The van der Waals surface area contributed by atoms with Crippen LogP contribution in [0.4, 0.5) is 17.1 Å². The van der Waals surface area contributed by atoms with E-state index in [0.717, 1.165) is 28.8 Å². The van der Waals surface area contributed by atoms with Crippen LogP contribution in [-0.2, 0) is 21.5 Å². The topological polar surface area (TPSA) is 61.4 Å². The van der Waals surface area contributed by atoms with Gasteiger partial charge in [0.25, 0.3) is 5.91 Å². The number of carbonyl (C=O) groups excluding carboxylic acids is 2. The quantitative estimate of drug-likeness (QED) is 0.476. The van der Waals surface area contributed by atoms with Gasteiger partial charge in [0.1, 0.15) is 6.29 Å². The molecule has 1 amide bonds. The Bertz CT molecular complexity index is 1250. The molecule has 5 rings (SSSR count). The van der Waals surface area contributed by atoms with Crippen molar-refractivity contribution in [2.45, 2.75) is 18.0 Å². The van der Waals surface area contributed by atoms with Gasteiger partial charge in [0.2, 0.25) is 0 Å². The van der Waals surface area contributed by atoms with Gasteiger partial charge in [0.15, 0.2) is 5.54 Å². The van der Waals surface area contributed by atoms with Gasteiger partial charge in [-0.1, -0.05) is 53.0 Å². The van der Waals surface area contributed by atoms with Crippen LogP contribution in [0.1, 0.15) is 11.1 Å². The largest absolute Gasteiger partial charge is 0.372 e. The Labute approximate surface area is 200 Å². The molecule has 8 heteroatoms. The number of rotatable bonds is 4. The summed E-state index contributed by atoms with van der Waals surface area (Å²) in [4.78, 5) is 27.6. The number of nitrogens with one attached hydrogen (secondary N) is 2. The molecule has 0 spiro atoms. The van der Waals surface area contributed by atoms with Gasteiger partial charge < -0.3 is 20.3 Å². The zero-order chi connectivity index (χ0) is 22.5. The zero-order valence-corrected chi connectivity index (χ0v) is 19.0. The predicted octanol–water partition coefficient (Wildman–Crippen LogP) is 5.54. The Kier molecular flexibility index (Phi) is 5.28. The first-order valence-corrected chi connectivity index (χ1v) is 11.2. The van der Waals surface area contributed by atoms with Gasteiger partial charge in [-0.15, -0.1) is 0 Å². The van der Waals surface area contributed by atoms with Gasteiger partial charge in [-0.25, -0.2) is 0 Å². The molecular formula is C24H18Cl3N3O2. The maximum absolute atomic E-state index is 13.8. The molecule has 2 unspecified atom stereocenters. The molecule has 2 aliphatic rings. The van der Waals surface area contributed by atoms with Crippen LogP contribution in [0.15, 0.2) is 60.7 Å². The second-order valence-corrected chi connectivity index (χ2v) is 9.28. The molecule has 0 aliphatic carbocycles. The third-order valence-corrected chi connectivity index (χ3v) is 6.70. The van der Waals surface area contributed by atoms with E-state index in [1.54, 1.807) is 24.3 Å². The number of hydrogen-bond donors (Lipinski definition) is 2. The average Bonchev–Trinajstić information content (AvgIpc) is 3.04. The van der Waals surface area contributed by atoms with Gasteiger partial charge in [-0.2, -0.15) is 0 Å². The SMILES string of the molecule is O=CC1CN(C2(Cc3cccc(Cl)c3)C(=O)Nc3cc(Cl)ccc32)c2cc(Cl)ccc2N1. The number of anilines is 3. The van der Waals surface area contributed by atoms with Crippen molar-refractivity contribution >= 4 is 64.1 Å². The summed E-state index contributed by atoms with van der Waals surface area (Å²) in [5, 5.41) is 7.87. The highest BCUT2D eigenvalue weighted by Crippen LogP contribution is 2.49. The fourth-order valence-corrected chi connectivity index (χ4v) is 5.19. The summed E-state index contributed by atoms with van der Waals surface area (Å²) >= 11 is 18.8. The van der Waals surface area contributed by atoms with E-state index in [9.17, 15) is 9.59 Å². The monoisotopic (exact) mass is 485 g/mol. The minimum Gasteiger partial charge on any atom is -0.372 e. The third kappa shape index (κ3) is 3.41. The summed E-state index contributed by atoms with van der Waals surface area (Å²) in [6.07, 6.45) is 1.19. The van der Waals surface area contributed by atoms with Crippen molar-refractivity contribution in [3.05, 3.63) is 86.9 Å². The van der Waals surface area contributed by atoms with Crippen molar-refractivity contribution in [3.8, 4) is 0 Å². The number of amides is 1. The molecule has 0 saturated heterocycles. The predicted molar refractivity (Wildman–Crippen MR) is 129 cm³/mol. The molecule has 5 nitrogen and oxygen atoms in total. The molecule has 0 bridgehead atoms. The second-order valence-electron chi connectivity index (χ2n) is 7.97. The Morgan fingerprint density at radius 2 is 1.72 bits per heavy atom. The first kappa shape index (κ1) is 21.1. The molecule has 32 heavy (non-hydrogen) atoms. The van der Waals surface area contributed by atoms with Crippen LogP contribution in [0.2, 0.25) is 15.1 Å². The molecule has 2 aliphatic heterocycles. The van der Waals surface area contributed by atoms with Gasteiger partial charge in [-0.05, 0) is 48.0 Å². The number of fused-ring (bicyclic) bond motifs is 2. The summed E-state index contributed by atoms with van der Waals surface area (Å²) in [6, 6.07) is 17.7. The molecule has 0 fully saturated rings. The summed E-state index contributed by atoms with van der Waals surface area (Å²) in [5.74, 6) is -0.202. The smallest absolute Gasteiger partial charge is 0.255 e. The van der Waals surface area contributed by atoms with Gasteiger partial charge in [0.05, 0.1) is 17.4 Å². The van der Waals surface area contributed by atoms with Crippen LogP contribution in [0.5, 0.6) is 0 Å². The van der Waals surface area contributed by atoms with Crippen LogP contribution in [0, 0.1) is 0 Å². The lowest BCUT2D eigenvalue weighted by atomic mass is 9.81. The van der Waals surface area contributed by atoms with Crippen molar-refractivity contribution < 1.29 is 9.59 Å². The fourth-order valence-electron chi connectivity index (χ4n) is 4.64. The Morgan fingerprint density at radius 1 is 0.969 bits per heavy atom. The third-order valence-electron chi connectivity index (χ3n) is 6.00. The normalized spacial score (nSPS) is 21.4. The average molecular weight is 487 g/mol. The lowest BCUT2D eigenvalue weighted by Gasteiger charge is -2.46. The number of aldehydes is 1. The van der Waals surface area contributed by atoms with Crippen LogP contribution in [-0.4, -0.2) is 24.8 Å². The highest BCUT2D eigenvalue weighted by molar-refractivity contribution is 6.32. The van der Waals surface area contributed by atoms with Crippen molar-refractivity contribution in [3.63, 3.8) is 0 Å². The molecular weight excluding hydrogens is 469 g/mol. The summed E-state index contributed by atoms with van der Waals surface area (Å²) in [5.41, 5.74) is 2.67. The number of halogens is 3. The van der Waals surface area contributed by atoms with Crippen LogP contribution >= 0.6 is 34.8 Å². The molecule has 2 heterocycles. The van der Waals surface area contributed by atoms with Crippen molar-refractivity contribution in [2.24, 2.45) is 0 Å². The number of nitrogens with zero attached hydrogens (tertiary/aromatic N) is 1. The minimum atomic E-state index is -1.13. The van der Waals surface area contributed by atoms with E-state index in [0.29, 0.717) is 27.2 Å². The Morgan fingerprint density at radius 3 is 2.50 bits per heavy atom. The van der Waals surface area contributed by atoms with Crippen molar-refractivity contribution in [1.82, 2.24) is 0 Å². The highest BCUT2D eigenvalue weighted by Gasteiger charge is 2.53. The molecule has 2 N–H and O–H groups in total. The lowest BCUT2D eigenvalue weighted by Crippen LogP contribution is -2.58. The number of carbonyl (C=O) groups is 2. The van der Waals surface area contributed by atoms with Gasteiger partial charge >= 0.3 is 0 Å². The van der Waals surface area contributed by atoms with E-state index in [1.807, 2.05) is 41.3 Å². The molecule has 3 aromatic rings. The van der Waals surface area contributed by atoms with E-state index in [1.165, 1.54) is 0 Å². The molecule has 2 atom stereocenters. The van der Waals surface area contributed by atoms with E-state index >= 15 is 0 Å². The van der Waals surface area contributed by atoms with Crippen molar-refractivity contribution in [2.75, 3.05) is 22.1 Å². The van der Waals surface area contributed by atoms with E-state index in [4.69, 9.17) is 34.8 Å². The van der Waals surface area contributed by atoms with Crippen LogP contribution in [0.3, 0.4) is 0 Å². The number of hydrogen-bond acceptors (Lipinski definition) is 4. The van der Waals surface area contributed by atoms with E-state index in [-0.39, 0.29) is 12.5 Å². The maximum atomic E-state index is 13.8. The van der Waals surface area contributed by atoms with Gasteiger partial charge in [0, 0.05) is 39.3 Å². The molecule has 162 valence electrons. The first-order valence-electron chi connectivity index (χ1n) is 10.1. The Balaban J connectivity index is 1.76. The Hall–Kier alpha value is -2.73. The maximum Gasteiger partial charge on any atom is 0.255 e. The molecule has 0 radical (unpaired) electrons. The second kappa shape index (κ2) is 8.00. The molecule has 3 aromatic carbocycles. The molecule has 0 saturated carbocycles. The zero-order valence-electron chi connectivity index (χ0n) is 16.7. The van der Waals surface area contributed by atoms with E-state index < -0.39 is 11.6 Å². The standard InChI is InChI=1S/C24H18Cl3N3O2/c25-15-3-1-2-14(8-15)11-24(19-6-4-16(26)9-21(19)29-23(24)32)30-12-18(13-31)28-20-7-5-17(27)10-22(20)30/h1-10,13,18,28H,11-12H2,(H,29,32). The highest BCUT2D eigenvalue weighted by atomic mass is 35.5.